The van der Waals surface area contributed by atoms with Gasteiger partial charge in [0.1, 0.15) is 5.65 Å². The fourth-order valence-corrected chi connectivity index (χ4v) is 3.44. The van der Waals surface area contributed by atoms with Crippen LogP contribution in [0.1, 0.15) is 24.2 Å². The summed E-state index contributed by atoms with van der Waals surface area (Å²) >= 11 is 0. The van der Waals surface area contributed by atoms with Crippen LogP contribution in [0.3, 0.4) is 0 Å². The number of fused-ring (bicyclic) bond motifs is 1. The van der Waals surface area contributed by atoms with Gasteiger partial charge in [-0.2, -0.15) is 0 Å². The van der Waals surface area contributed by atoms with E-state index in [0.717, 1.165) is 25.3 Å². The number of nitrogens with zero attached hydrogens (tertiary/aromatic N) is 3. The van der Waals surface area contributed by atoms with E-state index < -0.39 is 0 Å². The molecule has 1 saturated carbocycles. The molecule has 2 aliphatic rings. The molecule has 0 amide bonds. The highest BCUT2D eigenvalue weighted by Crippen LogP contribution is 2.52. The molecule has 2 aromatic heterocycles. The molecule has 4 heteroatoms. The summed E-state index contributed by atoms with van der Waals surface area (Å²) in [7, 11) is 0. The van der Waals surface area contributed by atoms with Gasteiger partial charge >= 0.3 is 0 Å². The third-order valence-corrected chi connectivity index (χ3v) is 4.75. The molecule has 1 saturated heterocycles. The zero-order valence-corrected chi connectivity index (χ0v) is 11.2. The monoisotopic (exact) mass is 257 g/mol. The van der Waals surface area contributed by atoms with Crippen molar-refractivity contribution in [2.24, 2.45) is 5.41 Å². The average Bonchev–Trinajstić information content (AvgIpc) is 2.94. The van der Waals surface area contributed by atoms with E-state index in [1.54, 1.807) is 0 Å². The largest absolute Gasteiger partial charge is 0.391 e. The second kappa shape index (κ2) is 3.81. The van der Waals surface area contributed by atoms with Crippen LogP contribution in [-0.4, -0.2) is 38.6 Å². The normalized spacial score (nSPS) is 25.5. The molecule has 0 radical (unpaired) electrons. The van der Waals surface area contributed by atoms with E-state index in [9.17, 15) is 5.11 Å². The number of β-amino-alcohol motifs (C(OH)–C–C–N with tert-alkyl or cyclic N) is 1. The van der Waals surface area contributed by atoms with E-state index in [-0.39, 0.29) is 11.5 Å². The molecule has 0 aromatic carbocycles. The Morgan fingerprint density at radius 3 is 3.00 bits per heavy atom. The molecular formula is C15H19N3O. The summed E-state index contributed by atoms with van der Waals surface area (Å²) < 4.78 is 2.21. The van der Waals surface area contributed by atoms with Crippen molar-refractivity contribution in [3.8, 4) is 0 Å². The first-order valence-corrected chi connectivity index (χ1v) is 7.00. The molecule has 19 heavy (non-hydrogen) atoms. The number of pyridine rings is 1. The highest BCUT2D eigenvalue weighted by molar-refractivity contribution is 5.42. The van der Waals surface area contributed by atoms with Crippen LogP contribution in [0.25, 0.3) is 5.65 Å². The number of aryl methyl sites for hydroxylation is 1. The fraction of sp³-hybridized carbons (Fsp3) is 0.533. The summed E-state index contributed by atoms with van der Waals surface area (Å²) in [5.74, 6) is 0. The highest BCUT2D eigenvalue weighted by atomic mass is 16.3. The lowest BCUT2D eigenvalue weighted by Crippen LogP contribution is -2.22. The van der Waals surface area contributed by atoms with Crippen molar-refractivity contribution in [2.45, 2.75) is 32.4 Å². The summed E-state index contributed by atoms with van der Waals surface area (Å²) in [5.41, 5.74) is 3.68. The molecule has 2 aromatic rings. The Kier molecular flexibility index (Phi) is 2.29. The third kappa shape index (κ3) is 1.70. The van der Waals surface area contributed by atoms with Crippen LogP contribution >= 0.6 is 0 Å². The molecule has 1 unspecified atom stereocenters. The van der Waals surface area contributed by atoms with Crippen molar-refractivity contribution >= 4 is 5.65 Å². The number of aliphatic hydroxyl groups excluding tert-OH is 1. The predicted octanol–water partition coefficient (Wildman–Crippen LogP) is 1.60. The minimum Gasteiger partial charge on any atom is -0.391 e. The minimum absolute atomic E-state index is 0.132. The number of hydrogen-bond acceptors (Lipinski definition) is 3. The van der Waals surface area contributed by atoms with E-state index in [1.165, 1.54) is 24.2 Å². The first kappa shape index (κ1) is 11.4. The molecule has 1 spiro atoms. The molecule has 1 aliphatic carbocycles. The highest BCUT2D eigenvalue weighted by Gasteiger charge is 2.54. The van der Waals surface area contributed by atoms with Crippen LogP contribution in [0.4, 0.5) is 0 Å². The van der Waals surface area contributed by atoms with Crippen molar-refractivity contribution in [3.05, 3.63) is 35.8 Å². The lowest BCUT2D eigenvalue weighted by Gasteiger charge is -2.15. The maximum atomic E-state index is 10.1. The first-order chi connectivity index (χ1) is 9.18. The van der Waals surface area contributed by atoms with Crippen molar-refractivity contribution in [1.82, 2.24) is 14.3 Å². The maximum Gasteiger partial charge on any atom is 0.137 e. The standard InChI is InChI=1S/C15H19N3O/c1-11-3-2-4-14-16-7-12(18(11)14)8-17-9-13(19)15(10-17)5-6-15/h2-4,7,13,19H,5-6,8-10H2,1H3. The van der Waals surface area contributed by atoms with Crippen molar-refractivity contribution in [3.63, 3.8) is 0 Å². The van der Waals surface area contributed by atoms with Gasteiger partial charge in [0.05, 0.1) is 18.0 Å². The van der Waals surface area contributed by atoms with Crippen molar-refractivity contribution in [2.75, 3.05) is 13.1 Å². The number of aliphatic hydroxyl groups is 1. The Morgan fingerprint density at radius 2 is 2.26 bits per heavy atom. The second-order valence-corrected chi connectivity index (χ2v) is 6.16. The fourth-order valence-electron chi connectivity index (χ4n) is 3.44. The van der Waals surface area contributed by atoms with Crippen LogP contribution in [0, 0.1) is 12.3 Å². The van der Waals surface area contributed by atoms with Crippen LogP contribution < -0.4 is 0 Å². The SMILES string of the molecule is Cc1cccc2ncc(CN3CC(O)C4(CC4)C3)n12. The van der Waals surface area contributed by atoms with Gasteiger partial charge in [0.15, 0.2) is 0 Å². The zero-order valence-electron chi connectivity index (χ0n) is 11.2. The Hall–Kier alpha value is -1.39. The number of rotatable bonds is 2. The topological polar surface area (TPSA) is 40.8 Å². The Balaban J connectivity index is 1.62. The summed E-state index contributed by atoms with van der Waals surface area (Å²) in [5, 5.41) is 10.1. The average molecular weight is 257 g/mol. The Labute approximate surface area is 112 Å². The van der Waals surface area contributed by atoms with E-state index in [2.05, 4.69) is 27.3 Å². The van der Waals surface area contributed by atoms with Gasteiger partial charge in [0.2, 0.25) is 0 Å². The lowest BCUT2D eigenvalue weighted by atomic mass is 10.0. The number of imidazole rings is 1. The minimum atomic E-state index is -0.132. The zero-order chi connectivity index (χ0) is 13.0. The quantitative estimate of drug-likeness (QED) is 0.888. The van der Waals surface area contributed by atoms with Gasteiger partial charge in [-0.3, -0.25) is 4.90 Å². The third-order valence-electron chi connectivity index (χ3n) is 4.75. The van der Waals surface area contributed by atoms with Gasteiger partial charge in [0, 0.05) is 30.7 Å². The van der Waals surface area contributed by atoms with E-state index >= 15 is 0 Å². The second-order valence-electron chi connectivity index (χ2n) is 6.16. The van der Waals surface area contributed by atoms with Crippen LogP contribution in [-0.2, 0) is 6.54 Å². The molecular weight excluding hydrogens is 238 g/mol. The van der Waals surface area contributed by atoms with E-state index in [0.29, 0.717) is 0 Å². The lowest BCUT2D eigenvalue weighted by molar-refractivity contribution is 0.131. The van der Waals surface area contributed by atoms with E-state index in [1.807, 2.05) is 18.3 Å². The smallest absolute Gasteiger partial charge is 0.137 e. The molecule has 1 N–H and O–H groups in total. The van der Waals surface area contributed by atoms with Crippen LogP contribution in [0.5, 0.6) is 0 Å². The van der Waals surface area contributed by atoms with E-state index in [4.69, 9.17) is 0 Å². The van der Waals surface area contributed by atoms with Gasteiger partial charge in [-0.15, -0.1) is 0 Å². The number of hydrogen-bond donors (Lipinski definition) is 1. The van der Waals surface area contributed by atoms with Crippen LogP contribution in [0.15, 0.2) is 24.4 Å². The Morgan fingerprint density at radius 1 is 1.42 bits per heavy atom. The molecule has 2 fully saturated rings. The molecule has 100 valence electrons. The summed E-state index contributed by atoms with van der Waals surface area (Å²) in [6.45, 7) is 4.83. The van der Waals surface area contributed by atoms with Crippen molar-refractivity contribution in [1.29, 1.82) is 0 Å². The summed E-state index contributed by atoms with van der Waals surface area (Å²) in [6, 6.07) is 6.19. The number of likely N-dealkylation sites (tertiary alicyclic amines) is 1. The molecule has 3 heterocycles. The molecule has 4 rings (SSSR count). The van der Waals surface area contributed by atoms with Gasteiger partial charge < -0.3 is 9.51 Å². The van der Waals surface area contributed by atoms with Gasteiger partial charge in [0.25, 0.3) is 0 Å². The maximum absolute atomic E-state index is 10.1. The Bertz CT molecular complexity index is 629. The molecule has 1 atom stereocenters. The summed E-state index contributed by atoms with van der Waals surface area (Å²) in [6.07, 6.45) is 4.22. The van der Waals surface area contributed by atoms with Gasteiger partial charge in [-0.05, 0) is 31.9 Å². The molecule has 4 nitrogen and oxygen atoms in total. The van der Waals surface area contributed by atoms with Gasteiger partial charge in [-0.1, -0.05) is 6.07 Å². The van der Waals surface area contributed by atoms with Crippen LogP contribution in [0.2, 0.25) is 0 Å². The molecule has 1 aliphatic heterocycles. The van der Waals surface area contributed by atoms with Gasteiger partial charge in [-0.25, -0.2) is 4.98 Å². The molecule has 0 bridgehead atoms. The first-order valence-electron chi connectivity index (χ1n) is 7.00. The summed E-state index contributed by atoms with van der Waals surface area (Å²) in [4.78, 5) is 6.83. The predicted molar refractivity (Wildman–Crippen MR) is 72.9 cm³/mol. The number of aromatic nitrogens is 2. The van der Waals surface area contributed by atoms with Crippen molar-refractivity contribution < 1.29 is 5.11 Å².